The van der Waals surface area contributed by atoms with Crippen molar-refractivity contribution in [1.82, 2.24) is 4.31 Å². The molecule has 0 fully saturated rings. The van der Waals surface area contributed by atoms with Gasteiger partial charge in [-0.15, -0.1) is 0 Å². The number of aliphatic hydroxyl groups is 1. The summed E-state index contributed by atoms with van der Waals surface area (Å²) in [7, 11) is -3.20. The van der Waals surface area contributed by atoms with E-state index in [-0.39, 0.29) is 18.9 Å². The molecule has 0 rings (SSSR count). The summed E-state index contributed by atoms with van der Waals surface area (Å²) in [4.78, 5) is 0. The Morgan fingerprint density at radius 2 is 2.08 bits per heavy atom. The van der Waals surface area contributed by atoms with Crippen LogP contribution >= 0.6 is 0 Å². The van der Waals surface area contributed by atoms with Gasteiger partial charge in [0.15, 0.2) is 0 Å². The zero-order valence-electron chi connectivity index (χ0n) is 7.94. The summed E-state index contributed by atoms with van der Waals surface area (Å²) in [5, 5.41) is 8.63. The van der Waals surface area contributed by atoms with E-state index in [2.05, 4.69) is 0 Å². The zero-order valence-corrected chi connectivity index (χ0v) is 8.76. The summed E-state index contributed by atoms with van der Waals surface area (Å²) < 4.78 is 24.2. The van der Waals surface area contributed by atoms with E-state index in [0.29, 0.717) is 19.5 Å². The molecule has 0 aliphatic carbocycles. The average molecular weight is 210 g/mol. The highest BCUT2D eigenvalue weighted by atomic mass is 32.2. The van der Waals surface area contributed by atoms with Gasteiger partial charge in [0.1, 0.15) is 0 Å². The molecule has 5 nitrogen and oxygen atoms in total. The largest absolute Gasteiger partial charge is 0.395 e. The highest BCUT2D eigenvalue weighted by Gasteiger charge is 2.18. The molecule has 0 unspecified atom stereocenters. The van der Waals surface area contributed by atoms with E-state index < -0.39 is 10.0 Å². The van der Waals surface area contributed by atoms with Crippen LogP contribution in [0.2, 0.25) is 0 Å². The van der Waals surface area contributed by atoms with Crippen LogP contribution in [0.15, 0.2) is 0 Å². The second-order valence-corrected chi connectivity index (χ2v) is 4.76. The second kappa shape index (κ2) is 6.31. The lowest BCUT2D eigenvalue weighted by atomic mass is 10.5. The number of hydrogen-bond donors (Lipinski definition) is 2. The van der Waals surface area contributed by atoms with Crippen LogP contribution in [0.5, 0.6) is 0 Å². The Hall–Kier alpha value is -0.170. The van der Waals surface area contributed by atoms with Gasteiger partial charge in [-0.3, -0.25) is 0 Å². The fraction of sp³-hybridized carbons (Fsp3) is 1.00. The van der Waals surface area contributed by atoms with E-state index >= 15 is 0 Å². The topological polar surface area (TPSA) is 83.6 Å². The second-order valence-electron chi connectivity index (χ2n) is 2.67. The molecular weight excluding hydrogens is 192 g/mol. The number of rotatable bonds is 7. The molecule has 0 radical (unpaired) electrons. The van der Waals surface area contributed by atoms with Gasteiger partial charge in [-0.25, -0.2) is 8.42 Å². The summed E-state index contributed by atoms with van der Waals surface area (Å²) in [6, 6.07) is 0. The zero-order chi connectivity index (χ0) is 10.3. The summed E-state index contributed by atoms with van der Waals surface area (Å²) in [5.41, 5.74) is 5.22. The summed E-state index contributed by atoms with van der Waals surface area (Å²) in [6.45, 7) is 2.54. The third-order valence-corrected chi connectivity index (χ3v) is 3.73. The Morgan fingerprint density at radius 3 is 2.46 bits per heavy atom. The fourth-order valence-corrected chi connectivity index (χ4v) is 2.54. The maximum atomic E-state index is 11.5. The van der Waals surface area contributed by atoms with Crippen LogP contribution in [0.4, 0.5) is 0 Å². The maximum absolute atomic E-state index is 11.5. The van der Waals surface area contributed by atoms with Crippen molar-refractivity contribution in [2.75, 3.05) is 32.0 Å². The predicted octanol–water partition coefficient (Wildman–Crippen LogP) is -1.02. The first-order chi connectivity index (χ1) is 6.08. The molecule has 13 heavy (non-hydrogen) atoms. The lowest BCUT2D eigenvalue weighted by Gasteiger charge is -2.18. The van der Waals surface area contributed by atoms with Crippen molar-refractivity contribution >= 4 is 10.0 Å². The predicted molar refractivity (Wildman–Crippen MR) is 51.8 cm³/mol. The van der Waals surface area contributed by atoms with E-state index in [0.717, 1.165) is 0 Å². The van der Waals surface area contributed by atoms with Crippen molar-refractivity contribution in [2.45, 2.75) is 13.3 Å². The Bertz CT molecular complexity index is 216. The van der Waals surface area contributed by atoms with E-state index in [1.807, 2.05) is 0 Å². The Kier molecular flexibility index (Phi) is 6.23. The highest BCUT2D eigenvalue weighted by Crippen LogP contribution is 2.01. The molecule has 0 amide bonds. The first-order valence-corrected chi connectivity index (χ1v) is 5.98. The Balaban J connectivity index is 4.21. The standard InChI is InChI=1S/C7H18N2O3S/c1-2-9(5-6-10)13(11,12)7-3-4-8/h10H,2-8H2,1H3. The third-order valence-electron chi connectivity index (χ3n) is 1.70. The van der Waals surface area contributed by atoms with Gasteiger partial charge in [0.2, 0.25) is 10.0 Å². The maximum Gasteiger partial charge on any atom is 0.214 e. The highest BCUT2D eigenvalue weighted by molar-refractivity contribution is 7.89. The number of hydrogen-bond acceptors (Lipinski definition) is 4. The molecule has 0 heterocycles. The van der Waals surface area contributed by atoms with Crippen LogP contribution in [0, 0.1) is 0 Å². The van der Waals surface area contributed by atoms with Gasteiger partial charge < -0.3 is 10.8 Å². The van der Waals surface area contributed by atoms with Crippen LogP contribution in [0.3, 0.4) is 0 Å². The minimum Gasteiger partial charge on any atom is -0.395 e. The average Bonchev–Trinajstić information content (AvgIpc) is 2.10. The normalized spacial score (nSPS) is 12.3. The smallest absolute Gasteiger partial charge is 0.214 e. The van der Waals surface area contributed by atoms with Crippen molar-refractivity contribution in [3.8, 4) is 0 Å². The van der Waals surface area contributed by atoms with Crippen molar-refractivity contribution in [3.63, 3.8) is 0 Å². The van der Waals surface area contributed by atoms with E-state index in [1.54, 1.807) is 6.92 Å². The van der Waals surface area contributed by atoms with Crippen LogP contribution in [-0.4, -0.2) is 49.8 Å². The van der Waals surface area contributed by atoms with Gasteiger partial charge in [-0.05, 0) is 13.0 Å². The minimum absolute atomic E-state index is 0.0668. The monoisotopic (exact) mass is 210 g/mol. The molecule has 0 saturated heterocycles. The molecule has 0 spiro atoms. The Morgan fingerprint density at radius 1 is 1.46 bits per heavy atom. The lowest BCUT2D eigenvalue weighted by molar-refractivity contribution is 0.257. The number of nitrogens with two attached hydrogens (primary N) is 1. The number of nitrogens with zero attached hydrogens (tertiary/aromatic N) is 1. The van der Waals surface area contributed by atoms with Crippen molar-refractivity contribution in [1.29, 1.82) is 0 Å². The first-order valence-electron chi connectivity index (χ1n) is 4.37. The molecule has 3 N–H and O–H groups in total. The molecule has 0 saturated carbocycles. The third kappa shape index (κ3) is 4.56. The van der Waals surface area contributed by atoms with Crippen LogP contribution < -0.4 is 5.73 Å². The molecule has 0 aromatic heterocycles. The molecule has 0 bridgehead atoms. The Labute approximate surface area is 79.6 Å². The first kappa shape index (κ1) is 12.8. The summed E-state index contributed by atoms with van der Waals surface area (Å²) in [6.07, 6.45) is 0.463. The van der Waals surface area contributed by atoms with Gasteiger partial charge in [0.25, 0.3) is 0 Å². The van der Waals surface area contributed by atoms with Crippen LogP contribution in [0.1, 0.15) is 13.3 Å². The minimum atomic E-state index is -3.20. The number of sulfonamides is 1. The van der Waals surface area contributed by atoms with E-state index in [9.17, 15) is 8.42 Å². The number of likely N-dealkylation sites (N-methyl/N-ethyl adjacent to an activating group) is 1. The SMILES string of the molecule is CCN(CCO)S(=O)(=O)CCCN. The molecule has 0 aromatic rings. The molecule has 0 aromatic carbocycles. The van der Waals surface area contributed by atoms with Crippen LogP contribution in [0.25, 0.3) is 0 Å². The molecule has 0 aliphatic heterocycles. The fourth-order valence-electron chi connectivity index (χ4n) is 1.00. The van der Waals surface area contributed by atoms with Gasteiger partial charge in [0.05, 0.1) is 12.4 Å². The van der Waals surface area contributed by atoms with Crippen LogP contribution in [-0.2, 0) is 10.0 Å². The van der Waals surface area contributed by atoms with Gasteiger partial charge in [-0.2, -0.15) is 4.31 Å². The van der Waals surface area contributed by atoms with Gasteiger partial charge in [0, 0.05) is 13.1 Å². The molecule has 6 heteroatoms. The molecule has 0 atom stereocenters. The van der Waals surface area contributed by atoms with E-state index in [1.165, 1.54) is 4.31 Å². The van der Waals surface area contributed by atoms with Gasteiger partial charge >= 0.3 is 0 Å². The van der Waals surface area contributed by atoms with Crippen molar-refractivity contribution < 1.29 is 13.5 Å². The molecule has 0 aliphatic rings. The van der Waals surface area contributed by atoms with Gasteiger partial charge in [-0.1, -0.05) is 6.92 Å². The molecular formula is C7H18N2O3S. The number of aliphatic hydroxyl groups excluding tert-OH is 1. The van der Waals surface area contributed by atoms with Crippen molar-refractivity contribution in [3.05, 3.63) is 0 Å². The van der Waals surface area contributed by atoms with Crippen molar-refractivity contribution in [2.24, 2.45) is 5.73 Å². The summed E-state index contributed by atoms with van der Waals surface area (Å²) in [5.74, 6) is 0.0668. The lowest BCUT2D eigenvalue weighted by Crippen LogP contribution is -2.35. The van der Waals surface area contributed by atoms with E-state index in [4.69, 9.17) is 10.8 Å². The summed E-state index contributed by atoms with van der Waals surface area (Å²) >= 11 is 0. The molecule has 80 valence electrons. The quantitative estimate of drug-likeness (QED) is 0.563.